The molecule has 0 saturated carbocycles. The van der Waals surface area contributed by atoms with Crippen molar-refractivity contribution in [3.05, 3.63) is 41.2 Å². The molecule has 1 aliphatic carbocycles. The number of hydrogen-bond acceptors (Lipinski definition) is 7. The summed E-state index contributed by atoms with van der Waals surface area (Å²) in [6.07, 6.45) is 2.38. The summed E-state index contributed by atoms with van der Waals surface area (Å²) in [4.78, 5) is 28.3. The Morgan fingerprint density at radius 3 is 3.04 bits per heavy atom. The number of nitrogens with one attached hydrogen (secondary N) is 1. The normalized spacial score (nSPS) is 15.0. The number of carbonyl (C=O) groups excluding carboxylic acids is 2. The Hall–Kier alpha value is -3.03. The van der Waals surface area contributed by atoms with Gasteiger partial charge < -0.3 is 10.2 Å². The van der Waals surface area contributed by atoms with Gasteiger partial charge in [0.15, 0.2) is 18.1 Å². The Kier molecular flexibility index (Phi) is 4.64. The van der Waals surface area contributed by atoms with Gasteiger partial charge in [-0.1, -0.05) is 22.4 Å². The molecule has 0 bridgehead atoms. The summed E-state index contributed by atoms with van der Waals surface area (Å²) >= 11 is 0. The van der Waals surface area contributed by atoms with E-state index in [2.05, 4.69) is 20.8 Å². The Balaban J connectivity index is 1.56. The number of benzene rings is 1. The topological polar surface area (TPSA) is 107 Å². The van der Waals surface area contributed by atoms with Gasteiger partial charge in [-0.3, -0.25) is 9.59 Å². The summed E-state index contributed by atoms with van der Waals surface area (Å²) in [5.41, 5.74) is 3.04. The van der Waals surface area contributed by atoms with E-state index in [1.165, 1.54) is 6.92 Å². The van der Waals surface area contributed by atoms with E-state index in [0.717, 1.165) is 18.5 Å². The van der Waals surface area contributed by atoms with Gasteiger partial charge in [-0.05, 0) is 43.5 Å². The fraction of sp³-hybridized carbons (Fsp3) is 0.312. The van der Waals surface area contributed by atoms with Gasteiger partial charge >= 0.3 is 0 Å². The first-order valence-electron chi connectivity index (χ1n) is 7.55. The van der Waals surface area contributed by atoms with Gasteiger partial charge in [0.05, 0.1) is 0 Å². The highest BCUT2D eigenvalue weighted by Crippen LogP contribution is 2.18. The van der Waals surface area contributed by atoms with Crippen molar-refractivity contribution in [2.24, 2.45) is 5.16 Å². The summed E-state index contributed by atoms with van der Waals surface area (Å²) < 4.78 is 4.69. The summed E-state index contributed by atoms with van der Waals surface area (Å²) in [5.74, 6) is -0.433. The molecule has 1 aliphatic rings. The average molecular weight is 328 g/mol. The maximum atomic E-state index is 11.9. The number of carbonyl (C=O) groups is 2. The van der Waals surface area contributed by atoms with E-state index < -0.39 is 0 Å². The highest BCUT2D eigenvalue weighted by Gasteiger charge is 2.21. The van der Waals surface area contributed by atoms with Gasteiger partial charge in [-0.2, -0.15) is 0 Å². The Labute approximate surface area is 137 Å². The van der Waals surface area contributed by atoms with Crippen LogP contribution in [0, 0.1) is 0 Å². The van der Waals surface area contributed by atoms with Crippen LogP contribution in [-0.4, -0.2) is 34.3 Å². The molecule has 124 valence electrons. The molecule has 0 radical (unpaired) electrons. The van der Waals surface area contributed by atoms with Crippen molar-refractivity contribution in [3.8, 4) is 0 Å². The van der Waals surface area contributed by atoms with Crippen molar-refractivity contribution in [1.82, 2.24) is 10.3 Å². The molecule has 0 saturated heterocycles. The van der Waals surface area contributed by atoms with E-state index in [1.54, 1.807) is 24.3 Å². The SMILES string of the molecule is CC(=O)c1cccc(NC(=O)CON=C2CCCc3nonc32)c1. The van der Waals surface area contributed by atoms with E-state index in [1.807, 2.05) is 0 Å². The molecular weight excluding hydrogens is 312 g/mol. The van der Waals surface area contributed by atoms with Gasteiger partial charge in [0.1, 0.15) is 11.4 Å². The number of anilines is 1. The fourth-order valence-electron chi connectivity index (χ4n) is 2.40. The van der Waals surface area contributed by atoms with E-state index in [-0.39, 0.29) is 18.3 Å². The fourth-order valence-corrected chi connectivity index (χ4v) is 2.40. The lowest BCUT2D eigenvalue weighted by molar-refractivity contribution is -0.120. The second kappa shape index (κ2) is 7.03. The Morgan fingerprint density at radius 1 is 1.33 bits per heavy atom. The standard InChI is InChI=1S/C16H16N4O4/c1-10(21)11-4-2-5-12(8-11)17-15(22)9-23-18-13-6-3-7-14-16(13)20-24-19-14/h2,4-5,8H,3,6-7,9H2,1H3,(H,17,22). The zero-order valence-corrected chi connectivity index (χ0v) is 13.1. The average Bonchev–Trinajstić information content (AvgIpc) is 3.04. The zero-order chi connectivity index (χ0) is 16.9. The predicted octanol–water partition coefficient (Wildman–Crippen LogP) is 1.97. The molecule has 1 N–H and O–H groups in total. The first-order valence-corrected chi connectivity index (χ1v) is 7.55. The highest BCUT2D eigenvalue weighted by molar-refractivity contribution is 6.00. The molecule has 2 aromatic rings. The number of nitrogens with zero attached hydrogens (tertiary/aromatic N) is 3. The van der Waals surface area contributed by atoms with Crippen LogP contribution >= 0.6 is 0 Å². The molecule has 0 unspecified atom stereocenters. The van der Waals surface area contributed by atoms with Crippen LogP contribution in [0.25, 0.3) is 0 Å². The van der Waals surface area contributed by atoms with Crippen LogP contribution in [-0.2, 0) is 16.1 Å². The van der Waals surface area contributed by atoms with Crippen LogP contribution in [0.5, 0.6) is 0 Å². The second-order valence-corrected chi connectivity index (χ2v) is 5.41. The van der Waals surface area contributed by atoms with Crippen LogP contribution < -0.4 is 5.32 Å². The molecule has 1 heterocycles. The molecule has 0 spiro atoms. The van der Waals surface area contributed by atoms with Crippen molar-refractivity contribution < 1.29 is 19.1 Å². The quantitative estimate of drug-likeness (QED) is 0.664. The molecule has 24 heavy (non-hydrogen) atoms. The highest BCUT2D eigenvalue weighted by atomic mass is 16.6. The number of oxime groups is 1. The van der Waals surface area contributed by atoms with E-state index in [4.69, 9.17) is 9.47 Å². The molecular formula is C16H16N4O4. The number of Topliss-reactive ketones (excluding diaryl/α,β-unsaturated/α-hetero) is 1. The van der Waals surface area contributed by atoms with Crippen LogP contribution in [0.2, 0.25) is 0 Å². The summed E-state index contributed by atoms with van der Waals surface area (Å²) in [6, 6.07) is 6.70. The molecule has 1 aromatic carbocycles. The first-order chi connectivity index (χ1) is 11.6. The number of rotatable bonds is 5. The third-order valence-electron chi connectivity index (χ3n) is 3.58. The lowest BCUT2D eigenvalue weighted by Crippen LogP contribution is -2.18. The molecule has 3 rings (SSSR count). The number of aryl methyl sites for hydroxylation is 1. The summed E-state index contributed by atoms with van der Waals surface area (Å²) in [7, 11) is 0. The third-order valence-corrected chi connectivity index (χ3v) is 3.58. The minimum Gasteiger partial charge on any atom is -0.385 e. The van der Waals surface area contributed by atoms with Crippen LogP contribution in [0.15, 0.2) is 34.1 Å². The Morgan fingerprint density at radius 2 is 2.21 bits per heavy atom. The minimum absolute atomic E-state index is 0.0666. The molecule has 8 nitrogen and oxygen atoms in total. The maximum absolute atomic E-state index is 11.9. The third kappa shape index (κ3) is 3.65. The number of hydrogen-bond donors (Lipinski definition) is 1. The molecule has 0 atom stereocenters. The molecule has 1 aromatic heterocycles. The zero-order valence-electron chi connectivity index (χ0n) is 13.1. The van der Waals surface area contributed by atoms with Gasteiger partial charge in [-0.15, -0.1) is 0 Å². The molecule has 1 amide bonds. The molecule has 0 aliphatic heterocycles. The van der Waals surface area contributed by atoms with E-state index >= 15 is 0 Å². The monoisotopic (exact) mass is 328 g/mol. The molecule has 0 fully saturated rings. The number of fused-ring (bicyclic) bond motifs is 1. The lowest BCUT2D eigenvalue weighted by atomic mass is 9.99. The van der Waals surface area contributed by atoms with Crippen LogP contribution in [0.3, 0.4) is 0 Å². The van der Waals surface area contributed by atoms with Gasteiger partial charge in [-0.25, -0.2) is 4.63 Å². The number of ketones is 1. The largest absolute Gasteiger partial charge is 0.385 e. The van der Waals surface area contributed by atoms with Crippen molar-refractivity contribution in [2.45, 2.75) is 26.2 Å². The van der Waals surface area contributed by atoms with E-state index in [0.29, 0.717) is 29.1 Å². The van der Waals surface area contributed by atoms with Gasteiger partial charge in [0.25, 0.3) is 5.91 Å². The van der Waals surface area contributed by atoms with Crippen molar-refractivity contribution in [3.63, 3.8) is 0 Å². The lowest BCUT2D eigenvalue weighted by Gasteiger charge is -2.09. The second-order valence-electron chi connectivity index (χ2n) is 5.41. The summed E-state index contributed by atoms with van der Waals surface area (Å²) in [6.45, 7) is 1.23. The van der Waals surface area contributed by atoms with Crippen molar-refractivity contribution >= 4 is 23.1 Å². The number of amides is 1. The first kappa shape index (κ1) is 15.9. The van der Waals surface area contributed by atoms with Crippen molar-refractivity contribution in [1.29, 1.82) is 0 Å². The van der Waals surface area contributed by atoms with Gasteiger partial charge in [0, 0.05) is 11.3 Å². The van der Waals surface area contributed by atoms with Crippen molar-refractivity contribution in [2.75, 3.05) is 11.9 Å². The Bertz CT molecular complexity index is 797. The van der Waals surface area contributed by atoms with Crippen LogP contribution in [0.4, 0.5) is 5.69 Å². The maximum Gasteiger partial charge on any atom is 0.265 e. The minimum atomic E-state index is -0.366. The smallest absolute Gasteiger partial charge is 0.265 e. The molecule has 8 heteroatoms. The number of aromatic nitrogens is 2. The van der Waals surface area contributed by atoms with Gasteiger partial charge in [0.2, 0.25) is 0 Å². The van der Waals surface area contributed by atoms with Crippen LogP contribution in [0.1, 0.15) is 41.5 Å². The predicted molar refractivity (Wildman–Crippen MR) is 84.8 cm³/mol. The summed E-state index contributed by atoms with van der Waals surface area (Å²) in [5, 5.41) is 14.2. The van der Waals surface area contributed by atoms with E-state index in [9.17, 15) is 9.59 Å².